The zero-order valence-corrected chi connectivity index (χ0v) is 21.5. The molecule has 4 aliphatic rings. The summed E-state index contributed by atoms with van der Waals surface area (Å²) < 4.78 is 3.11. The van der Waals surface area contributed by atoms with Crippen LogP contribution in [0.15, 0.2) is 83.7 Å². The second-order valence-electron chi connectivity index (χ2n) is 9.89. The molecule has 2 amide bonds. The number of imide groups is 1. The Bertz CT molecular complexity index is 1600. The SMILES string of the molecule is Cc1c(N2C(=O)[C@@H]3[C@@H](C2=O)C2(Cl)c4ccccc4C3(Cl)c3ccccc32)c(=O)n(-c2ccccc2)n1C. The van der Waals surface area contributed by atoms with Crippen LogP contribution in [0.3, 0.4) is 0 Å². The van der Waals surface area contributed by atoms with E-state index in [0.29, 0.717) is 11.4 Å². The van der Waals surface area contributed by atoms with Gasteiger partial charge < -0.3 is 0 Å². The van der Waals surface area contributed by atoms with E-state index in [-0.39, 0.29) is 5.69 Å². The van der Waals surface area contributed by atoms with E-state index in [9.17, 15) is 14.4 Å². The van der Waals surface area contributed by atoms with Crippen molar-refractivity contribution in [3.8, 4) is 5.69 Å². The van der Waals surface area contributed by atoms with Gasteiger partial charge in [0.15, 0.2) is 0 Å². The van der Waals surface area contributed by atoms with Gasteiger partial charge in [0.05, 0.1) is 23.2 Å². The van der Waals surface area contributed by atoms with Crippen molar-refractivity contribution in [2.45, 2.75) is 16.7 Å². The molecule has 6 nitrogen and oxygen atoms in total. The number of amides is 2. The van der Waals surface area contributed by atoms with E-state index in [2.05, 4.69) is 0 Å². The van der Waals surface area contributed by atoms with Crippen LogP contribution >= 0.6 is 23.2 Å². The summed E-state index contributed by atoms with van der Waals surface area (Å²) in [4.78, 5) is 40.8. The first-order valence-corrected chi connectivity index (χ1v) is 12.8. The standard InChI is InChI=1S/C29H21Cl2N3O3/c1-16-24(27(37)34(32(16)2)17-10-4-3-5-11-17)33-25(35)22-23(26(33)36)29(31)19-13-7-6-12-18(19)28(22,30)20-14-8-9-15-21(20)29/h3-15,22-23H,1-2H3/t22-,23-,28?,29?/m0/s1. The van der Waals surface area contributed by atoms with E-state index in [1.54, 1.807) is 30.8 Å². The molecular weight excluding hydrogens is 509 g/mol. The van der Waals surface area contributed by atoms with Gasteiger partial charge in [-0.15, -0.1) is 23.2 Å². The summed E-state index contributed by atoms with van der Waals surface area (Å²) in [5, 5.41) is 0. The molecule has 0 N–H and O–H groups in total. The first kappa shape index (κ1) is 22.6. The number of rotatable bonds is 2. The van der Waals surface area contributed by atoms with Crippen LogP contribution in [-0.2, 0) is 26.4 Å². The molecule has 37 heavy (non-hydrogen) atoms. The van der Waals surface area contributed by atoms with E-state index < -0.39 is 39.0 Å². The quantitative estimate of drug-likeness (QED) is 0.282. The predicted octanol–water partition coefficient (Wildman–Crippen LogP) is 4.58. The van der Waals surface area contributed by atoms with Gasteiger partial charge in [-0.1, -0.05) is 66.7 Å². The van der Waals surface area contributed by atoms with Gasteiger partial charge >= 0.3 is 0 Å². The number of alkyl halides is 2. The lowest BCUT2D eigenvalue weighted by molar-refractivity contribution is -0.122. The predicted molar refractivity (Wildman–Crippen MR) is 141 cm³/mol. The average Bonchev–Trinajstić information content (AvgIpc) is 3.31. The number of carbonyl (C=O) groups excluding carboxylic acids is 2. The number of nitrogens with zero attached hydrogens (tertiary/aromatic N) is 3. The fourth-order valence-electron chi connectivity index (χ4n) is 6.70. The molecule has 2 bridgehead atoms. The molecule has 8 rings (SSSR count). The topological polar surface area (TPSA) is 64.3 Å². The second kappa shape index (κ2) is 7.24. The van der Waals surface area contributed by atoms with Crippen LogP contribution in [0, 0.1) is 18.8 Å². The lowest BCUT2D eigenvalue weighted by Crippen LogP contribution is -2.57. The van der Waals surface area contributed by atoms with Crippen molar-refractivity contribution in [3.63, 3.8) is 0 Å². The number of aromatic nitrogens is 2. The molecule has 1 fully saturated rings. The van der Waals surface area contributed by atoms with Crippen LogP contribution < -0.4 is 10.5 Å². The van der Waals surface area contributed by atoms with Crippen LogP contribution in [0.1, 0.15) is 27.9 Å². The minimum Gasteiger partial charge on any atom is -0.283 e. The van der Waals surface area contributed by atoms with Crippen LogP contribution in [0.2, 0.25) is 0 Å². The first-order valence-electron chi connectivity index (χ1n) is 12.0. The number of hydrogen-bond donors (Lipinski definition) is 0. The number of para-hydroxylation sites is 1. The number of carbonyl (C=O) groups is 2. The molecule has 184 valence electrons. The highest BCUT2D eigenvalue weighted by molar-refractivity contribution is 6.38. The summed E-state index contributed by atoms with van der Waals surface area (Å²) in [7, 11) is 1.73. The summed E-state index contributed by atoms with van der Waals surface area (Å²) >= 11 is 15.0. The fraction of sp³-hybridized carbons (Fsp3) is 0.207. The van der Waals surface area contributed by atoms with Gasteiger partial charge in [0.2, 0.25) is 11.8 Å². The highest BCUT2D eigenvalue weighted by Gasteiger charge is 2.73. The molecule has 4 aromatic rings. The van der Waals surface area contributed by atoms with Gasteiger partial charge in [-0.25, -0.2) is 9.58 Å². The largest absolute Gasteiger partial charge is 0.296 e. The summed E-state index contributed by atoms with van der Waals surface area (Å²) in [5.74, 6) is -2.95. The van der Waals surface area contributed by atoms with Gasteiger partial charge in [0.1, 0.15) is 15.4 Å². The molecule has 0 radical (unpaired) electrons. The zero-order chi connectivity index (χ0) is 25.9. The Morgan fingerprint density at radius 2 is 1.08 bits per heavy atom. The maximum Gasteiger partial charge on any atom is 0.296 e. The summed E-state index contributed by atoms with van der Waals surface area (Å²) in [6.45, 7) is 1.73. The van der Waals surface area contributed by atoms with E-state index >= 15 is 0 Å². The van der Waals surface area contributed by atoms with Gasteiger partial charge in [0.25, 0.3) is 5.56 Å². The number of hydrogen-bond acceptors (Lipinski definition) is 3. The molecule has 2 heterocycles. The van der Waals surface area contributed by atoms with Gasteiger partial charge in [0, 0.05) is 7.05 Å². The molecule has 8 heteroatoms. The fourth-order valence-corrected chi connectivity index (χ4v) is 7.80. The maximum atomic E-state index is 14.3. The molecule has 3 aliphatic carbocycles. The van der Waals surface area contributed by atoms with Crippen molar-refractivity contribution >= 4 is 40.7 Å². The van der Waals surface area contributed by atoms with Gasteiger partial charge in [-0.3, -0.25) is 19.1 Å². The van der Waals surface area contributed by atoms with Crippen molar-refractivity contribution in [1.82, 2.24) is 9.36 Å². The Hall–Kier alpha value is -3.61. The van der Waals surface area contributed by atoms with Crippen LogP contribution in [-0.4, -0.2) is 21.2 Å². The highest BCUT2D eigenvalue weighted by atomic mass is 35.5. The Morgan fingerprint density at radius 3 is 1.51 bits per heavy atom. The van der Waals surface area contributed by atoms with Crippen molar-refractivity contribution in [3.05, 3.63) is 117 Å². The molecule has 2 atom stereocenters. The summed E-state index contributed by atoms with van der Waals surface area (Å²) in [6.07, 6.45) is 0. The average molecular weight is 530 g/mol. The normalized spacial score (nSPS) is 27.3. The molecular formula is C29H21Cl2N3O3. The smallest absolute Gasteiger partial charge is 0.283 e. The number of halogens is 2. The van der Waals surface area contributed by atoms with Gasteiger partial charge in [-0.05, 0) is 41.3 Å². The lowest BCUT2D eigenvalue weighted by atomic mass is 9.54. The van der Waals surface area contributed by atoms with Crippen molar-refractivity contribution < 1.29 is 9.59 Å². The zero-order valence-electron chi connectivity index (χ0n) is 20.0. The minimum absolute atomic E-state index is 0.0313. The molecule has 3 aromatic carbocycles. The Kier molecular flexibility index (Phi) is 4.42. The molecule has 0 spiro atoms. The summed E-state index contributed by atoms with van der Waals surface area (Å²) in [5.41, 5.74) is 3.58. The number of benzene rings is 3. The third-order valence-electron chi connectivity index (χ3n) is 8.33. The van der Waals surface area contributed by atoms with E-state index in [4.69, 9.17) is 23.2 Å². The molecule has 1 saturated heterocycles. The molecule has 1 aromatic heterocycles. The first-order chi connectivity index (χ1) is 17.7. The second-order valence-corrected chi connectivity index (χ2v) is 11.1. The van der Waals surface area contributed by atoms with Crippen LogP contribution in [0.25, 0.3) is 5.69 Å². The number of anilines is 1. The highest BCUT2D eigenvalue weighted by Crippen LogP contribution is 2.69. The third kappa shape index (κ3) is 2.45. The Morgan fingerprint density at radius 1 is 0.676 bits per heavy atom. The minimum atomic E-state index is -1.29. The van der Waals surface area contributed by atoms with Gasteiger partial charge in [-0.2, -0.15) is 0 Å². The van der Waals surface area contributed by atoms with E-state index in [1.807, 2.05) is 66.7 Å². The van der Waals surface area contributed by atoms with Crippen molar-refractivity contribution in [2.75, 3.05) is 4.90 Å². The maximum absolute atomic E-state index is 14.3. The summed E-state index contributed by atoms with van der Waals surface area (Å²) in [6, 6.07) is 24.1. The third-order valence-corrected chi connectivity index (χ3v) is 9.62. The monoisotopic (exact) mass is 529 g/mol. The van der Waals surface area contributed by atoms with E-state index in [0.717, 1.165) is 27.2 Å². The molecule has 1 aliphatic heterocycles. The molecule has 0 saturated carbocycles. The van der Waals surface area contributed by atoms with E-state index in [1.165, 1.54) is 4.68 Å². The molecule has 0 unspecified atom stereocenters. The van der Waals surface area contributed by atoms with Crippen LogP contribution in [0.5, 0.6) is 0 Å². The lowest BCUT2D eigenvalue weighted by Gasteiger charge is -2.54. The van der Waals surface area contributed by atoms with Crippen molar-refractivity contribution in [1.29, 1.82) is 0 Å². The van der Waals surface area contributed by atoms with Crippen molar-refractivity contribution in [2.24, 2.45) is 18.9 Å². The Balaban J connectivity index is 1.49. The Labute approximate surface area is 222 Å². The van der Waals surface area contributed by atoms with Crippen LogP contribution in [0.4, 0.5) is 5.69 Å².